The van der Waals surface area contributed by atoms with E-state index in [1.807, 2.05) is 79.1 Å². The van der Waals surface area contributed by atoms with E-state index in [-0.39, 0.29) is 6.61 Å². The zero-order valence-electron chi connectivity index (χ0n) is 18.2. The normalized spacial score (nSPS) is 12.1. The molecule has 4 rings (SSSR count). The number of hydrogen-bond acceptors (Lipinski definition) is 4. The maximum absolute atomic E-state index is 10.7. The molecule has 1 unspecified atom stereocenters. The Balaban J connectivity index is 1.49. The van der Waals surface area contributed by atoms with Crippen molar-refractivity contribution < 1.29 is 14.6 Å². The van der Waals surface area contributed by atoms with Gasteiger partial charge < -0.3 is 19.1 Å². The van der Waals surface area contributed by atoms with Crippen LogP contribution in [0.1, 0.15) is 22.5 Å². The summed E-state index contributed by atoms with van der Waals surface area (Å²) in [6.07, 6.45) is -0.685. The molecule has 0 saturated heterocycles. The molecule has 1 atom stereocenters. The van der Waals surface area contributed by atoms with E-state index in [1.54, 1.807) is 0 Å². The van der Waals surface area contributed by atoms with Crippen LogP contribution < -0.4 is 9.47 Å². The maximum Gasteiger partial charge on any atom is 0.148 e. The first-order valence-electron chi connectivity index (χ1n) is 10.5. The number of fused-ring (bicyclic) bond motifs is 1. The van der Waals surface area contributed by atoms with Crippen molar-refractivity contribution in [3.63, 3.8) is 0 Å². The minimum atomic E-state index is -0.685. The molecule has 5 heteroatoms. The zero-order chi connectivity index (χ0) is 21.8. The molecule has 0 spiro atoms. The third-order valence-corrected chi connectivity index (χ3v) is 5.50. The van der Waals surface area contributed by atoms with E-state index >= 15 is 0 Å². The topological polar surface area (TPSA) is 56.5 Å². The van der Waals surface area contributed by atoms with Gasteiger partial charge in [0.05, 0.1) is 17.6 Å². The molecule has 0 aliphatic rings. The van der Waals surface area contributed by atoms with Crippen molar-refractivity contribution >= 4 is 11.0 Å². The number of aliphatic hydroxyl groups excluding tert-OH is 1. The van der Waals surface area contributed by atoms with Gasteiger partial charge in [-0.05, 0) is 62.2 Å². The average molecular weight is 417 g/mol. The van der Waals surface area contributed by atoms with Crippen LogP contribution in [0.3, 0.4) is 0 Å². The Morgan fingerprint density at radius 2 is 1.68 bits per heavy atom. The van der Waals surface area contributed by atoms with Crippen LogP contribution in [-0.2, 0) is 13.2 Å². The number of aromatic nitrogens is 2. The Morgan fingerprint density at radius 1 is 0.903 bits per heavy atom. The Labute approximate surface area is 182 Å². The van der Waals surface area contributed by atoms with E-state index in [0.29, 0.717) is 13.2 Å². The van der Waals surface area contributed by atoms with E-state index < -0.39 is 6.10 Å². The van der Waals surface area contributed by atoms with Gasteiger partial charge in [0, 0.05) is 0 Å². The first kappa shape index (κ1) is 20.9. The molecule has 4 aromatic rings. The van der Waals surface area contributed by atoms with Crippen molar-refractivity contribution in [3.05, 3.63) is 89.2 Å². The van der Waals surface area contributed by atoms with E-state index in [2.05, 4.69) is 13.0 Å². The summed E-state index contributed by atoms with van der Waals surface area (Å²) in [4.78, 5) is 4.73. The molecule has 0 fully saturated rings. The van der Waals surface area contributed by atoms with Gasteiger partial charge in [0.25, 0.3) is 0 Å². The summed E-state index contributed by atoms with van der Waals surface area (Å²) >= 11 is 0. The van der Waals surface area contributed by atoms with Crippen LogP contribution in [0.5, 0.6) is 11.5 Å². The van der Waals surface area contributed by atoms with Crippen molar-refractivity contribution in [2.45, 2.75) is 40.0 Å². The molecular weight excluding hydrogens is 388 g/mol. The monoisotopic (exact) mass is 416 g/mol. The number of ether oxygens (including phenoxy) is 2. The molecule has 5 nitrogen and oxygen atoms in total. The van der Waals surface area contributed by atoms with Crippen LogP contribution in [0.2, 0.25) is 0 Å². The van der Waals surface area contributed by atoms with Gasteiger partial charge in [-0.1, -0.05) is 42.0 Å². The molecule has 0 aliphatic heterocycles. The fourth-order valence-electron chi connectivity index (χ4n) is 3.55. The Bertz CT molecular complexity index is 1170. The maximum atomic E-state index is 10.7. The predicted octanol–water partition coefficient (Wildman–Crippen LogP) is 4.98. The average Bonchev–Trinajstić information content (AvgIpc) is 3.12. The second-order valence-corrected chi connectivity index (χ2v) is 7.89. The minimum Gasteiger partial charge on any atom is -0.491 e. The van der Waals surface area contributed by atoms with Gasteiger partial charge in [0.1, 0.15) is 36.6 Å². The SMILES string of the molecule is Cc1ccc(OCc2nc3ccccc3n2CC(O)COc2cccc(C)c2C)cc1. The van der Waals surface area contributed by atoms with Crippen LogP contribution in [0.4, 0.5) is 0 Å². The van der Waals surface area contributed by atoms with Crippen LogP contribution >= 0.6 is 0 Å². The van der Waals surface area contributed by atoms with Crippen LogP contribution in [0.25, 0.3) is 11.0 Å². The number of nitrogens with zero attached hydrogens (tertiary/aromatic N) is 2. The molecule has 0 amide bonds. The summed E-state index contributed by atoms with van der Waals surface area (Å²) in [7, 11) is 0. The fourth-order valence-corrected chi connectivity index (χ4v) is 3.55. The molecule has 3 aromatic carbocycles. The lowest BCUT2D eigenvalue weighted by molar-refractivity contribution is 0.0914. The number of rotatable bonds is 8. The quantitative estimate of drug-likeness (QED) is 0.440. The number of imidazole rings is 1. The lowest BCUT2D eigenvalue weighted by Gasteiger charge is -2.17. The highest BCUT2D eigenvalue weighted by molar-refractivity contribution is 5.75. The lowest BCUT2D eigenvalue weighted by Crippen LogP contribution is -2.25. The summed E-state index contributed by atoms with van der Waals surface area (Å²) in [5, 5.41) is 10.7. The summed E-state index contributed by atoms with van der Waals surface area (Å²) in [6, 6.07) is 21.8. The third-order valence-electron chi connectivity index (χ3n) is 5.50. The first-order chi connectivity index (χ1) is 15.0. The Morgan fingerprint density at radius 3 is 2.48 bits per heavy atom. The fraction of sp³-hybridized carbons (Fsp3) is 0.269. The molecule has 0 saturated carbocycles. The van der Waals surface area contributed by atoms with Gasteiger partial charge in [-0.2, -0.15) is 0 Å². The molecule has 0 bridgehead atoms. The Kier molecular flexibility index (Phi) is 6.23. The molecular formula is C26H28N2O3. The van der Waals surface area contributed by atoms with Gasteiger partial charge in [-0.25, -0.2) is 4.98 Å². The van der Waals surface area contributed by atoms with Gasteiger partial charge in [-0.15, -0.1) is 0 Å². The van der Waals surface area contributed by atoms with E-state index in [0.717, 1.165) is 33.9 Å². The summed E-state index contributed by atoms with van der Waals surface area (Å²) in [5.74, 6) is 2.37. The predicted molar refractivity (Wildman–Crippen MR) is 123 cm³/mol. The molecule has 0 aliphatic carbocycles. The van der Waals surface area contributed by atoms with E-state index in [4.69, 9.17) is 14.5 Å². The van der Waals surface area contributed by atoms with E-state index in [1.165, 1.54) is 11.1 Å². The molecule has 0 radical (unpaired) electrons. The van der Waals surface area contributed by atoms with Crippen molar-refractivity contribution in [2.24, 2.45) is 0 Å². The highest BCUT2D eigenvalue weighted by Crippen LogP contribution is 2.22. The van der Waals surface area contributed by atoms with Crippen LogP contribution in [0, 0.1) is 20.8 Å². The van der Waals surface area contributed by atoms with Crippen LogP contribution in [0.15, 0.2) is 66.7 Å². The molecule has 1 N–H and O–H groups in total. The number of hydrogen-bond donors (Lipinski definition) is 1. The highest BCUT2D eigenvalue weighted by Gasteiger charge is 2.16. The number of para-hydroxylation sites is 2. The molecule has 31 heavy (non-hydrogen) atoms. The largest absolute Gasteiger partial charge is 0.491 e. The first-order valence-corrected chi connectivity index (χ1v) is 10.5. The van der Waals surface area contributed by atoms with Gasteiger partial charge in [-0.3, -0.25) is 0 Å². The van der Waals surface area contributed by atoms with Crippen LogP contribution in [-0.4, -0.2) is 27.4 Å². The smallest absolute Gasteiger partial charge is 0.148 e. The third kappa shape index (κ3) is 4.89. The number of aryl methyl sites for hydroxylation is 2. The van der Waals surface area contributed by atoms with Gasteiger partial charge in [0.2, 0.25) is 0 Å². The molecule has 1 heterocycles. The lowest BCUT2D eigenvalue weighted by atomic mass is 10.1. The Hall–Kier alpha value is -3.31. The van der Waals surface area contributed by atoms with Gasteiger partial charge >= 0.3 is 0 Å². The second kappa shape index (κ2) is 9.23. The van der Waals surface area contributed by atoms with E-state index in [9.17, 15) is 5.11 Å². The highest BCUT2D eigenvalue weighted by atomic mass is 16.5. The zero-order valence-corrected chi connectivity index (χ0v) is 18.2. The summed E-state index contributed by atoms with van der Waals surface area (Å²) in [5.41, 5.74) is 5.30. The standard InChI is InChI=1S/C26H28N2O3/c1-18-11-13-22(14-12-18)30-17-26-27-23-8-4-5-9-24(23)28(26)15-21(29)16-31-25-10-6-7-19(2)20(25)3/h4-14,21,29H,15-17H2,1-3H3. The van der Waals surface area contributed by atoms with Crippen molar-refractivity contribution in [3.8, 4) is 11.5 Å². The van der Waals surface area contributed by atoms with Crippen molar-refractivity contribution in [1.82, 2.24) is 9.55 Å². The van der Waals surface area contributed by atoms with Crippen molar-refractivity contribution in [2.75, 3.05) is 6.61 Å². The summed E-state index contributed by atoms with van der Waals surface area (Å²) in [6.45, 7) is 7.03. The number of aliphatic hydroxyl groups is 1. The molecule has 1 aromatic heterocycles. The van der Waals surface area contributed by atoms with Gasteiger partial charge in [0.15, 0.2) is 0 Å². The molecule has 160 valence electrons. The van der Waals surface area contributed by atoms with Crippen molar-refractivity contribution in [1.29, 1.82) is 0 Å². The number of benzene rings is 3. The second-order valence-electron chi connectivity index (χ2n) is 7.89. The summed E-state index contributed by atoms with van der Waals surface area (Å²) < 4.78 is 13.9. The minimum absolute atomic E-state index is 0.203.